The number of carbonyl (C=O) groups is 2. The molecule has 1 unspecified atom stereocenters. The molecule has 0 aliphatic carbocycles. The fourth-order valence-corrected chi connectivity index (χ4v) is 2.10. The maximum absolute atomic E-state index is 13.6. The van der Waals surface area contributed by atoms with Crippen LogP contribution >= 0.6 is 0 Å². The van der Waals surface area contributed by atoms with Crippen LogP contribution in [0.25, 0.3) is 0 Å². The van der Waals surface area contributed by atoms with Gasteiger partial charge in [0.2, 0.25) is 0 Å². The highest BCUT2D eigenvalue weighted by Crippen LogP contribution is 2.42. The van der Waals surface area contributed by atoms with E-state index in [1.807, 2.05) is 0 Å². The van der Waals surface area contributed by atoms with Gasteiger partial charge in [0.1, 0.15) is 0 Å². The number of hydrogen-bond donors (Lipinski definition) is 1. The standard InChI is InChI=1S/C14H18F7NO7S/c1-7(2)9(23)29-12(13(17,18)19,10(24)22-8(3)4)28-6-5-11(15,16)14(20,21)30(25,26)27/h8H,1,5-6H2,2-4H3,(H,22,24)(H,25,26,27)/p-1. The molecule has 0 aliphatic heterocycles. The lowest BCUT2D eigenvalue weighted by molar-refractivity contribution is -0.349. The van der Waals surface area contributed by atoms with Gasteiger partial charge >= 0.3 is 35.0 Å². The van der Waals surface area contributed by atoms with Gasteiger partial charge in [0.25, 0.3) is 0 Å². The van der Waals surface area contributed by atoms with Crippen LogP contribution in [0.4, 0.5) is 30.7 Å². The second-order valence-electron chi connectivity index (χ2n) is 6.19. The summed E-state index contributed by atoms with van der Waals surface area (Å²) in [6.07, 6.45) is -8.36. The zero-order valence-corrected chi connectivity index (χ0v) is 16.4. The van der Waals surface area contributed by atoms with Crippen molar-refractivity contribution < 1.29 is 62.8 Å². The normalized spacial score (nSPS) is 15.5. The summed E-state index contributed by atoms with van der Waals surface area (Å²) in [5.41, 5.74) is -0.668. The lowest BCUT2D eigenvalue weighted by Gasteiger charge is -2.34. The van der Waals surface area contributed by atoms with Gasteiger partial charge in [-0.1, -0.05) is 6.58 Å². The highest BCUT2D eigenvalue weighted by atomic mass is 32.2. The number of rotatable bonds is 10. The third-order valence-electron chi connectivity index (χ3n) is 3.14. The van der Waals surface area contributed by atoms with E-state index in [9.17, 15) is 53.3 Å². The van der Waals surface area contributed by atoms with Crippen LogP contribution in [0.3, 0.4) is 0 Å². The van der Waals surface area contributed by atoms with Crippen molar-refractivity contribution in [1.29, 1.82) is 0 Å². The Morgan fingerprint density at radius 3 is 1.90 bits per heavy atom. The van der Waals surface area contributed by atoms with Crippen LogP contribution < -0.4 is 5.32 Å². The monoisotopic (exact) mass is 476 g/mol. The maximum atomic E-state index is 13.6. The number of alkyl halides is 7. The number of nitrogens with one attached hydrogen (secondary N) is 1. The van der Waals surface area contributed by atoms with E-state index in [1.165, 1.54) is 13.8 Å². The first kappa shape index (κ1) is 28.1. The van der Waals surface area contributed by atoms with Crippen molar-refractivity contribution in [3.8, 4) is 0 Å². The molecule has 30 heavy (non-hydrogen) atoms. The molecule has 0 aliphatic rings. The van der Waals surface area contributed by atoms with Crippen LogP contribution in [0.1, 0.15) is 27.2 Å². The van der Waals surface area contributed by atoms with Crippen molar-refractivity contribution in [2.45, 2.75) is 56.4 Å². The number of ether oxygens (including phenoxy) is 2. The van der Waals surface area contributed by atoms with E-state index in [1.54, 1.807) is 5.32 Å². The van der Waals surface area contributed by atoms with Gasteiger partial charge in [0.15, 0.2) is 10.1 Å². The second kappa shape index (κ2) is 9.05. The topological polar surface area (TPSA) is 122 Å². The molecule has 1 atom stereocenters. The highest BCUT2D eigenvalue weighted by Gasteiger charge is 2.67. The molecule has 0 saturated carbocycles. The summed E-state index contributed by atoms with van der Waals surface area (Å²) < 4.78 is 133. The Kier molecular flexibility index (Phi) is 8.47. The van der Waals surface area contributed by atoms with Crippen LogP contribution in [-0.4, -0.2) is 60.6 Å². The van der Waals surface area contributed by atoms with Crippen LogP contribution in [-0.2, 0) is 29.2 Å². The molecule has 1 amide bonds. The average Bonchev–Trinajstić information content (AvgIpc) is 2.50. The first-order valence-corrected chi connectivity index (χ1v) is 9.15. The molecular weight excluding hydrogens is 459 g/mol. The summed E-state index contributed by atoms with van der Waals surface area (Å²) in [6, 6.07) is -1.01. The van der Waals surface area contributed by atoms with Crippen LogP contribution in [0.2, 0.25) is 0 Å². The molecule has 1 N–H and O–H groups in total. The zero-order chi connectivity index (χ0) is 24.3. The summed E-state index contributed by atoms with van der Waals surface area (Å²) in [5.74, 6) is -14.3. The highest BCUT2D eigenvalue weighted by molar-refractivity contribution is 7.86. The Morgan fingerprint density at radius 1 is 1.10 bits per heavy atom. The van der Waals surface area contributed by atoms with E-state index < -0.39 is 69.8 Å². The minimum Gasteiger partial charge on any atom is -0.743 e. The third kappa shape index (κ3) is 6.04. The lowest BCUT2D eigenvalue weighted by Crippen LogP contribution is -2.62. The molecule has 0 rings (SSSR count). The fraction of sp³-hybridized carbons (Fsp3) is 0.714. The molecule has 0 aromatic heterocycles. The first-order chi connectivity index (χ1) is 13.1. The summed E-state index contributed by atoms with van der Waals surface area (Å²) in [7, 11) is -6.90. The molecule has 0 spiro atoms. The van der Waals surface area contributed by atoms with Gasteiger partial charge in [-0.3, -0.25) is 4.79 Å². The molecular formula is C14H17F7NO7S-. The van der Waals surface area contributed by atoms with Gasteiger partial charge < -0.3 is 19.3 Å². The van der Waals surface area contributed by atoms with Crippen molar-refractivity contribution >= 4 is 22.0 Å². The second-order valence-corrected chi connectivity index (χ2v) is 7.61. The minimum atomic E-state index is -6.90. The fourth-order valence-electron chi connectivity index (χ4n) is 1.64. The lowest BCUT2D eigenvalue weighted by atomic mass is 10.2. The molecule has 0 aromatic rings. The summed E-state index contributed by atoms with van der Waals surface area (Å²) >= 11 is 0. The van der Waals surface area contributed by atoms with Gasteiger partial charge in [0, 0.05) is 18.0 Å². The largest absolute Gasteiger partial charge is 0.743 e. The SMILES string of the molecule is C=C(C)C(=O)OC(OCCC(F)(F)C(F)(F)S(=O)(=O)[O-])(C(=O)NC(C)C)C(F)(F)F. The van der Waals surface area contributed by atoms with Crippen LogP contribution in [0.15, 0.2) is 12.2 Å². The molecule has 8 nitrogen and oxygen atoms in total. The number of carbonyl (C=O) groups excluding carboxylic acids is 2. The molecule has 0 heterocycles. The molecule has 16 heteroatoms. The van der Waals surface area contributed by atoms with E-state index in [0.717, 1.165) is 6.92 Å². The molecule has 0 bridgehead atoms. The Morgan fingerprint density at radius 2 is 1.57 bits per heavy atom. The van der Waals surface area contributed by atoms with Gasteiger partial charge in [-0.15, -0.1) is 0 Å². The molecule has 176 valence electrons. The number of esters is 1. The van der Waals surface area contributed by atoms with Gasteiger partial charge in [0.05, 0.1) is 6.61 Å². The van der Waals surface area contributed by atoms with Gasteiger partial charge in [-0.05, 0) is 20.8 Å². The Balaban J connectivity index is 6.03. The average molecular weight is 476 g/mol. The molecule has 0 saturated heterocycles. The summed E-state index contributed by atoms with van der Waals surface area (Å²) in [4.78, 5) is 23.6. The summed E-state index contributed by atoms with van der Waals surface area (Å²) in [6.45, 7) is 4.11. The Bertz CT molecular complexity index is 780. The van der Waals surface area contributed by atoms with E-state index >= 15 is 0 Å². The van der Waals surface area contributed by atoms with Crippen LogP contribution in [0.5, 0.6) is 0 Å². The molecule has 0 radical (unpaired) electrons. The number of halogens is 7. The minimum absolute atomic E-state index is 0.668. The molecule has 0 fully saturated rings. The van der Waals surface area contributed by atoms with Gasteiger partial charge in [-0.2, -0.15) is 30.7 Å². The quantitative estimate of drug-likeness (QED) is 0.168. The third-order valence-corrected chi connectivity index (χ3v) is 4.06. The predicted octanol–water partition coefficient (Wildman–Crippen LogP) is 2.07. The van der Waals surface area contributed by atoms with E-state index in [-0.39, 0.29) is 0 Å². The van der Waals surface area contributed by atoms with Crippen molar-refractivity contribution in [3.63, 3.8) is 0 Å². The van der Waals surface area contributed by atoms with E-state index in [0.29, 0.717) is 0 Å². The first-order valence-electron chi connectivity index (χ1n) is 7.74. The Labute approximate surface area is 166 Å². The van der Waals surface area contributed by atoms with Crippen LogP contribution in [0, 0.1) is 0 Å². The zero-order valence-electron chi connectivity index (χ0n) is 15.6. The number of amides is 1. The van der Waals surface area contributed by atoms with Crippen molar-refractivity contribution in [1.82, 2.24) is 5.32 Å². The summed E-state index contributed by atoms with van der Waals surface area (Å²) in [5, 5.41) is -4.53. The predicted molar refractivity (Wildman–Crippen MR) is 83.1 cm³/mol. The van der Waals surface area contributed by atoms with E-state index in [2.05, 4.69) is 16.1 Å². The Hall–Kier alpha value is -1.94. The van der Waals surface area contributed by atoms with Gasteiger partial charge in [-0.25, -0.2) is 13.2 Å². The molecule has 0 aromatic carbocycles. The maximum Gasteiger partial charge on any atom is 0.466 e. The van der Waals surface area contributed by atoms with E-state index in [4.69, 9.17) is 0 Å². The smallest absolute Gasteiger partial charge is 0.466 e. The van der Waals surface area contributed by atoms with Crippen molar-refractivity contribution in [3.05, 3.63) is 12.2 Å². The number of hydrogen-bond acceptors (Lipinski definition) is 7. The van der Waals surface area contributed by atoms with Crippen molar-refractivity contribution in [2.75, 3.05) is 6.61 Å². The van der Waals surface area contributed by atoms with Crippen molar-refractivity contribution in [2.24, 2.45) is 0 Å².